The Hall–Kier alpha value is -3.43. The second-order valence-electron chi connectivity index (χ2n) is 10.3. The summed E-state index contributed by atoms with van der Waals surface area (Å²) < 4.78 is 52.6. The highest BCUT2D eigenvalue weighted by Gasteiger charge is 2.32. The minimum absolute atomic E-state index is 0.00834. The summed E-state index contributed by atoms with van der Waals surface area (Å²) in [6.07, 6.45) is 0.840. The summed E-state index contributed by atoms with van der Waals surface area (Å²) >= 11 is 0. The van der Waals surface area contributed by atoms with E-state index in [1.165, 1.54) is 6.07 Å². The lowest BCUT2D eigenvalue weighted by Crippen LogP contribution is -2.09. The number of rotatable bonds is 9. The third kappa shape index (κ3) is 5.25. The van der Waals surface area contributed by atoms with Crippen LogP contribution in [0.1, 0.15) is 59.1 Å². The number of hydrogen-bond donors (Lipinski definition) is 2. The molecule has 0 fully saturated rings. The van der Waals surface area contributed by atoms with Crippen LogP contribution in [0.5, 0.6) is 11.5 Å². The SMILES string of the molecule is Cc1cc(S(=O)(=O)CCCO)cc(C)c1-c1ccc(F)c2c1CCC2Oc1ccc2c(c1)OCC2CC(=O)O. The van der Waals surface area contributed by atoms with Gasteiger partial charge in [-0.15, -0.1) is 0 Å². The van der Waals surface area contributed by atoms with E-state index in [4.69, 9.17) is 19.7 Å². The van der Waals surface area contributed by atoms with Gasteiger partial charge in [0.2, 0.25) is 0 Å². The van der Waals surface area contributed by atoms with E-state index >= 15 is 4.39 Å². The number of benzene rings is 3. The first-order valence-corrected chi connectivity index (χ1v) is 14.7. The molecule has 0 amide bonds. The number of aliphatic hydroxyl groups excluding tert-OH is 1. The Morgan fingerprint density at radius 3 is 2.56 bits per heavy atom. The monoisotopic (exact) mass is 554 g/mol. The Kier molecular flexibility index (Phi) is 7.39. The van der Waals surface area contributed by atoms with E-state index in [1.54, 1.807) is 30.3 Å². The minimum Gasteiger partial charge on any atom is -0.492 e. The molecule has 0 saturated carbocycles. The Bertz CT molecular complexity index is 1520. The lowest BCUT2D eigenvalue weighted by Gasteiger charge is -2.19. The van der Waals surface area contributed by atoms with Crippen molar-refractivity contribution in [3.05, 3.63) is 76.1 Å². The number of carboxylic acid groups (broad SMARTS) is 1. The highest BCUT2D eigenvalue weighted by Crippen LogP contribution is 2.45. The highest BCUT2D eigenvalue weighted by molar-refractivity contribution is 7.91. The quantitative estimate of drug-likeness (QED) is 0.370. The maximum absolute atomic E-state index is 15.2. The summed E-state index contributed by atoms with van der Waals surface area (Å²) in [7, 11) is -3.52. The van der Waals surface area contributed by atoms with Crippen molar-refractivity contribution < 1.29 is 37.3 Å². The molecule has 39 heavy (non-hydrogen) atoms. The molecule has 1 aliphatic carbocycles. The molecule has 2 atom stereocenters. The van der Waals surface area contributed by atoms with Crippen molar-refractivity contribution in [2.75, 3.05) is 19.0 Å². The van der Waals surface area contributed by atoms with Crippen LogP contribution in [0.2, 0.25) is 0 Å². The number of halogens is 1. The van der Waals surface area contributed by atoms with Crippen LogP contribution in [0.4, 0.5) is 4.39 Å². The number of fused-ring (bicyclic) bond motifs is 2. The zero-order valence-electron chi connectivity index (χ0n) is 21.9. The van der Waals surface area contributed by atoms with E-state index in [1.807, 2.05) is 19.9 Å². The molecule has 0 spiro atoms. The number of carbonyl (C=O) groups is 1. The molecule has 2 unspecified atom stereocenters. The molecule has 0 saturated heterocycles. The molecule has 206 valence electrons. The number of aliphatic carboxylic acids is 1. The number of carboxylic acids is 1. The van der Waals surface area contributed by atoms with Crippen LogP contribution in [0.25, 0.3) is 11.1 Å². The predicted molar refractivity (Wildman–Crippen MR) is 144 cm³/mol. The number of aliphatic hydroxyl groups is 1. The fraction of sp³-hybridized carbons (Fsp3) is 0.367. The molecule has 1 aliphatic heterocycles. The fourth-order valence-electron chi connectivity index (χ4n) is 5.80. The van der Waals surface area contributed by atoms with E-state index in [-0.39, 0.29) is 41.8 Å². The van der Waals surface area contributed by atoms with Crippen molar-refractivity contribution in [3.63, 3.8) is 0 Å². The zero-order chi connectivity index (χ0) is 27.9. The largest absolute Gasteiger partial charge is 0.492 e. The summed E-state index contributed by atoms with van der Waals surface area (Å²) in [5.41, 5.74) is 5.48. The van der Waals surface area contributed by atoms with Crippen molar-refractivity contribution in [3.8, 4) is 22.6 Å². The van der Waals surface area contributed by atoms with Crippen LogP contribution in [0, 0.1) is 19.7 Å². The summed E-state index contributed by atoms with van der Waals surface area (Å²) in [6.45, 7) is 3.82. The van der Waals surface area contributed by atoms with Crippen LogP contribution in [-0.4, -0.2) is 43.6 Å². The minimum atomic E-state index is -3.52. The molecule has 0 bridgehead atoms. The van der Waals surface area contributed by atoms with Gasteiger partial charge >= 0.3 is 5.97 Å². The van der Waals surface area contributed by atoms with Gasteiger partial charge in [0.25, 0.3) is 0 Å². The maximum atomic E-state index is 15.2. The lowest BCUT2D eigenvalue weighted by molar-refractivity contribution is -0.137. The third-order valence-electron chi connectivity index (χ3n) is 7.55. The van der Waals surface area contributed by atoms with Crippen molar-refractivity contribution in [1.29, 1.82) is 0 Å². The number of aryl methyl sites for hydroxylation is 2. The molecule has 0 radical (unpaired) electrons. The van der Waals surface area contributed by atoms with E-state index in [0.717, 1.165) is 33.4 Å². The average molecular weight is 555 g/mol. The van der Waals surface area contributed by atoms with Crippen molar-refractivity contribution in [2.45, 2.75) is 56.4 Å². The highest BCUT2D eigenvalue weighted by atomic mass is 32.2. The number of sulfone groups is 1. The Morgan fingerprint density at radius 2 is 1.87 bits per heavy atom. The number of hydrogen-bond acceptors (Lipinski definition) is 6. The first kappa shape index (κ1) is 27.1. The lowest BCUT2D eigenvalue weighted by atomic mass is 9.90. The average Bonchev–Trinajstić information content (AvgIpc) is 3.48. The molecule has 5 rings (SSSR count). The Morgan fingerprint density at radius 1 is 1.13 bits per heavy atom. The van der Waals surface area contributed by atoms with Crippen molar-refractivity contribution in [1.82, 2.24) is 0 Å². The zero-order valence-corrected chi connectivity index (χ0v) is 22.7. The molecule has 7 nitrogen and oxygen atoms in total. The van der Waals surface area contributed by atoms with E-state index in [2.05, 4.69) is 0 Å². The first-order valence-electron chi connectivity index (χ1n) is 13.0. The molecule has 2 aliphatic rings. The van der Waals surface area contributed by atoms with E-state index in [0.29, 0.717) is 36.5 Å². The smallest absolute Gasteiger partial charge is 0.304 e. The number of ether oxygens (including phenoxy) is 2. The maximum Gasteiger partial charge on any atom is 0.304 e. The van der Waals surface area contributed by atoms with E-state index in [9.17, 15) is 13.2 Å². The molecular formula is C30H31FO7S. The van der Waals surface area contributed by atoms with Gasteiger partial charge in [-0.1, -0.05) is 12.1 Å². The van der Waals surface area contributed by atoms with Gasteiger partial charge in [0.05, 0.1) is 23.7 Å². The molecule has 2 N–H and O–H groups in total. The van der Waals surface area contributed by atoms with Crippen molar-refractivity contribution >= 4 is 15.8 Å². The van der Waals surface area contributed by atoms with Gasteiger partial charge in [-0.05, 0) is 85.2 Å². The Labute approximate surface area is 227 Å². The summed E-state index contributed by atoms with van der Waals surface area (Å²) in [4.78, 5) is 11.4. The van der Waals surface area contributed by atoms with Gasteiger partial charge in [0, 0.05) is 29.7 Å². The Balaban J connectivity index is 1.45. The van der Waals surface area contributed by atoms with Crippen LogP contribution in [-0.2, 0) is 21.1 Å². The fourth-order valence-corrected chi connectivity index (χ4v) is 7.26. The van der Waals surface area contributed by atoms with Gasteiger partial charge in [0.1, 0.15) is 23.4 Å². The molecule has 3 aromatic rings. The normalized spacial score (nSPS) is 17.9. The molecular weight excluding hydrogens is 523 g/mol. The topological polar surface area (TPSA) is 110 Å². The van der Waals surface area contributed by atoms with Gasteiger partial charge in [0.15, 0.2) is 9.84 Å². The van der Waals surface area contributed by atoms with Gasteiger partial charge in [-0.3, -0.25) is 4.79 Å². The molecule has 3 aromatic carbocycles. The predicted octanol–water partition coefficient (Wildman–Crippen LogP) is 5.28. The van der Waals surface area contributed by atoms with Gasteiger partial charge in [-0.25, -0.2) is 12.8 Å². The van der Waals surface area contributed by atoms with Crippen LogP contribution in [0.3, 0.4) is 0 Å². The van der Waals surface area contributed by atoms with Crippen LogP contribution in [0.15, 0.2) is 47.4 Å². The van der Waals surface area contributed by atoms with Crippen LogP contribution >= 0.6 is 0 Å². The third-order valence-corrected chi connectivity index (χ3v) is 9.33. The summed E-state index contributed by atoms with van der Waals surface area (Å²) in [5, 5.41) is 18.2. The van der Waals surface area contributed by atoms with E-state index < -0.39 is 21.9 Å². The summed E-state index contributed by atoms with van der Waals surface area (Å²) in [5.74, 6) is -0.451. The first-order chi connectivity index (χ1) is 18.6. The van der Waals surface area contributed by atoms with Crippen LogP contribution < -0.4 is 9.47 Å². The molecule has 9 heteroatoms. The molecule has 0 aromatic heterocycles. The molecule has 1 heterocycles. The van der Waals surface area contributed by atoms with Gasteiger partial charge < -0.3 is 19.7 Å². The summed E-state index contributed by atoms with van der Waals surface area (Å²) in [6, 6.07) is 11.8. The second kappa shape index (κ2) is 10.6. The van der Waals surface area contributed by atoms with Crippen molar-refractivity contribution in [2.24, 2.45) is 0 Å². The van der Waals surface area contributed by atoms with Gasteiger partial charge in [-0.2, -0.15) is 0 Å². The second-order valence-corrected chi connectivity index (χ2v) is 12.4. The standard InChI is InChI=1S/C30H31FO7S/c1-17-12-21(39(35,36)11-3-10-32)13-18(2)29(17)23-6-8-25(31)30-24(23)7-9-26(30)38-20-4-5-22-19(14-28(33)34)16-37-27(22)15-20/h4-6,8,12-13,15,19,26,32H,3,7,9-11,14,16H2,1-2H3,(H,33,34).